The summed E-state index contributed by atoms with van der Waals surface area (Å²) in [4.78, 5) is 15.3. The van der Waals surface area contributed by atoms with Crippen molar-refractivity contribution in [2.75, 3.05) is 5.73 Å². The monoisotopic (exact) mass is 327 g/mol. The van der Waals surface area contributed by atoms with Crippen molar-refractivity contribution < 1.29 is 9.18 Å². The molecule has 0 bridgehead atoms. The van der Waals surface area contributed by atoms with Crippen LogP contribution in [0.15, 0.2) is 29.0 Å². The van der Waals surface area contributed by atoms with E-state index in [0.717, 1.165) is 4.47 Å². The zero-order valence-corrected chi connectivity index (χ0v) is 11.4. The first-order valence-corrected chi connectivity index (χ1v) is 6.19. The summed E-state index contributed by atoms with van der Waals surface area (Å²) < 4.78 is 15.5. The lowest BCUT2D eigenvalue weighted by atomic mass is 10.2. The maximum atomic E-state index is 13.4. The van der Waals surface area contributed by atoms with E-state index in [1.54, 1.807) is 12.1 Å². The van der Waals surface area contributed by atoms with Crippen LogP contribution in [0.3, 0.4) is 0 Å². The van der Waals surface area contributed by atoms with Crippen LogP contribution in [-0.4, -0.2) is 20.7 Å². The molecule has 1 aromatic carbocycles. The van der Waals surface area contributed by atoms with Gasteiger partial charge in [0.25, 0.3) is 0 Å². The van der Waals surface area contributed by atoms with Crippen LogP contribution in [0.25, 0.3) is 0 Å². The number of hydrogen-bond donors (Lipinski definition) is 2. The van der Waals surface area contributed by atoms with Crippen LogP contribution >= 0.6 is 15.9 Å². The first-order chi connectivity index (χ1) is 9.04. The molecule has 0 saturated heterocycles. The Bertz CT molecular complexity index is 601. The summed E-state index contributed by atoms with van der Waals surface area (Å²) in [7, 11) is 0. The SMILES string of the molecule is Nc1ncn(CC(=O)NCc2cc(Br)ccc2F)n1. The number of nitrogens with two attached hydrogens (primary N) is 1. The molecule has 2 aromatic rings. The van der Waals surface area contributed by atoms with E-state index in [1.807, 2.05) is 0 Å². The molecule has 6 nitrogen and oxygen atoms in total. The number of benzene rings is 1. The summed E-state index contributed by atoms with van der Waals surface area (Å²) in [5.41, 5.74) is 5.73. The lowest BCUT2D eigenvalue weighted by molar-refractivity contribution is -0.122. The van der Waals surface area contributed by atoms with Crippen LogP contribution in [0.4, 0.5) is 10.3 Å². The van der Waals surface area contributed by atoms with Gasteiger partial charge in [-0.15, -0.1) is 5.10 Å². The van der Waals surface area contributed by atoms with E-state index in [-0.39, 0.29) is 30.8 Å². The zero-order valence-electron chi connectivity index (χ0n) is 9.81. The Morgan fingerprint density at radius 1 is 1.53 bits per heavy atom. The minimum absolute atomic E-state index is 0.0141. The fraction of sp³-hybridized carbons (Fsp3) is 0.182. The van der Waals surface area contributed by atoms with Gasteiger partial charge in [0.2, 0.25) is 11.9 Å². The molecule has 0 spiro atoms. The van der Waals surface area contributed by atoms with Gasteiger partial charge in [0.15, 0.2) is 0 Å². The normalized spacial score (nSPS) is 10.4. The van der Waals surface area contributed by atoms with Gasteiger partial charge in [-0.1, -0.05) is 15.9 Å². The second-order valence-corrected chi connectivity index (χ2v) is 4.73. The van der Waals surface area contributed by atoms with Crippen molar-refractivity contribution in [3.05, 3.63) is 40.4 Å². The first kappa shape index (κ1) is 13.5. The van der Waals surface area contributed by atoms with Gasteiger partial charge in [-0.25, -0.2) is 14.1 Å². The average Bonchev–Trinajstić information content (AvgIpc) is 2.76. The Balaban J connectivity index is 1.91. The number of aromatic nitrogens is 3. The smallest absolute Gasteiger partial charge is 0.242 e. The maximum absolute atomic E-state index is 13.4. The number of halogens is 2. The van der Waals surface area contributed by atoms with Crippen LogP contribution in [0, 0.1) is 5.82 Å². The Kier molecular flexibility index (Phi) is 4.10. The highest BCUT2D eigenvalue weighted by molar-refractivity contribution is 9.10. The topological polar surface area (TPSA) is 85.8 Å². The number of carbonyl (C=O) groups excluding carboxylic acids is 1. The fourth-order valence-corrected chi connectivity index (χ4v) is 1.87. The van der Waals surface area contributed by atoms with E-state index in [9.17, 15) is 9.18 Å². The summed E-state index contributed by atoms with van der Waals surface area (Å²) in [6.07, 6.45) is 1.36. The summed E-state index contributed by atoms with van der Waals surface area (Å²) in [6, 6.07) is 4.55. The van der Waals surface area contributed by atoms with Gasteiger partial charge in [0.05, 0.1) is 0 Å². The minimum Gasteiger partial charge on any atom is -0.367 e. The molecule has 1 heterocycles. The largest absolute Gasteiger partial charge is 0.367 e. The summed E-state index contributed by atoms with van der Waals surface area (Å²) in [6.45, 7) is 0.0914. The number of carbonyl (C=O) groups is 1. The van der Waals surface area contributed by atoms with Gasteiger partial charge in [0.1, 0.15) is 18.7 Å². The highest BCUT2D eigenvalue weighted by Gasteiger charge is 2.07. The quantitative estimate of drug-likeness (QED) is 0.879. The molecule has 19 heavy (non-hydrogen) atoms. The van der Waals surface area contributed by atoms with Crippen molar-refractivity contribution in [1.82, 2.24) is 20.1 Å². The van der Waals surface area contributed by atoms with Crippen LogP contribution in [-0.2, 0) is 17.9 Å². The molecule has 0 saturated carbocycles. The third kappa shape index (κ3) is 3.75. The molecular weight excluding hydrogens is 317 g/mol. The molecule has 0 aliphatic heterocycles. The molecule has 100 valence electrons. The van der Waals surface area contributed by atoms with Gasteiger partial charge in [-0.3, -0.25) is 4.79 Å². The van der Waals surface area contributed by atoms with Gasteiger partial charge < -0.3 is 11.1 Å². The van der Waals surface area contributed by atoms with E-state index in [4.69, 9.17) is 5.73 Å². The van der Waals surface area contributed by atoms with Crippen LogP contribution < -0.4 is 11.1 Å². The molecule has 0 aliphatic carbocycles. The Morgan fingerprint density at radius 2 is 2.32 bits per heavy atom. The highest BCUT2D eigenvalue weighted by Crippen LogP contribution is 2.15. The summed E-state index contributed by atoms with van der Waals surface area (Å²) in [5, 5.41) is 6.37. The maximum Gasteiger partial charge on any atom is 0.242 e. The van der Waals surface area contributed by atoms with E-state index in [1.165, 1.54) is 17.1 Å². The molecule has 0 aliphatic rings. The highest BCUT2D eigenvalue weighted by atomic mass is 79.9. The van der Waals surface area contributed by atoms with Gasteiger partial charge >= 0.3 is 0 Å². The van der Waals surface area contributed by atoms with E-state index < -0.39 is 0 Å². The molecule has 3 N–H and O–H groups in total. The number of anilines is 1. The number of nitrogens with zero attached hydrogens (tertiary/aromatic N) is 3. The van der Waals surface area contributed by atoms with Crippen molar-refractivity contribution in [2.45, 2.75) is 13.1 Å². The lowest BCUT2D eigenvalue weighted by Crippen LogP contribution is -2.27. The zero-order chi connectivity index (χ0) is 13.8. The van der Waals surface area contributed by atoms with Gasteiger partial charge in [-0.05, 0) is 18.2 Å². The average molecular weight is 328 g/mol. The van der Waals surface area contributed by atoms with Crippen molar-refractivity contribution >= 4 is 27.8 Å². The Hall–Kier alpha value is -1.96. The summed E-state index contributed by atoms with van der Waals surface area (Å²) in [5.74, 6) is -0.566. The van der Waals surface area contributed by atoms with Gasteiger partial charge in [-0.2, -0.15) is 0 Å². The minimum atomic E-state index is -0.367. The predicted octanol–water partition coefficient (Wildman–Crippen LogP) is 1.08. The van der Waals surface area contributed by atoms with Crippen LogP contribution in [0.1, 0.15) is 5.56 Å². The third-order valence-corrected chi connectivity index (χ3v) is 2.84. The number of rotatable bonds is 4. The fourth-order valence-electron chi connectivity index (χ4n) is 1.46. The number of nitrogens with one attached hydrogen (secondary N) is 1. The number of amides is 1. The molecule has 8 heteroatoms. The Morgan fingerprint density at radius 3 is 3.00 bits per heavy atom. The van der Waals surface area contributed by atoms with E-state index in [0.29, 0.717) is 5.56 Å². The third-order valence-electron chi connectivity index (χ3n) is 2.34. The Labute approximate surface area is 116 Å². The number of nitrogen functional groups attached to an aromatic ring is 1. The molecule has 0 fully saturated rings. The molecule has 0 unspecified atom stereocenters. The molecular formula is C11H11BrFN5O. The second kappa shape index (κ2) is 5.79. The lowest BCUT2D eigenvalue weighted by Gasteiger charge is -2.06. The van der Waals surface area contributed by atoms with Crippen LogP contribution in [0.2, 0.25) is 0 Å². The standard InChI is InChI=1S/C11H11BrFN5O/c12-8-1-2-9(13)7(3-8)4-15-10(19)5-18-6-16-11(14)17-18/h1-3,6H,4-5H2,(H2,14,17)(H,15,19). The van der Waals surface area contributed by atoms with Crippen molar-refractivity contribution in [3.8, 4) is 0 Å². The number of hydrogen-bond acceptors (Lipinski definition) is 4. The van der Waals surface area contributed by atoms with E-state index in [2.05, 4.69) is 31.3 Å². The molecule has 0 radical (unpaired) electrons. The van der Waals surface area contributed by atoms with Gasteiger partial charge in [0, 0.05) is 16.6 Å². The molecule has 1 amide bonds. The van der Waals surface area contributed by atoms with Crippen molar-refractivity contribution in [2.24, 2.45) is 0 Å². The molecule has 1 aromatic heterocycles. The first-order valence-electron chi connectivity index (χ1n) is 5.40. The van der Waals surface area contributed by atoms with E-state index >= 15 is 0 Å². The van der Waals surface area contributed by atoms with Crippen LogP contribution in [0.5, 0.6) is 0 Å². The van der Waals surface area contributed by atoms with Crippen molar-refractivity contribution in [1.29, 1.82) is 0 Å². The van der Waals surface area contributed by atoms with Crippen molar-refractivity contribution in [3.63, 3.8) is 0 Å². The second-order valence-electron chi connectivity index (χ2n) is 3.81. The molecule has 2 rings (SSSR count). The summed E-state index contributed by atoms with van der Waals surface area (Å²) >= 11 is 3.24. The molecule has 0 atom stereocenters. The predicted molar refractivity (Wildman–Crippen MR) is 70.4 cm³/mol.